The summed E-state index contributed by atoms with van der Waals surface area (Å²) in [7, 11) is 1.56. The van der Waals surface area contributed by atoms with Crippen LogP contribution in [0.3, 0.4) is 0 Å². The molecule has 0 saturated carbocycles. The highest BCUT2D eigenvalue weighted by Crippen LogP contribution is 2.24. The Hall–Kier alpha value is -3.53. The van der Waals surface area contributed by atoms with Crippen LogP contribution in [0.5, 0.6) is 11.5 Å². The first-order valence-corrected chi connectivity index (χ1v) is 10.5. The van der Waals surface area contributed by atoms with Gasteiger partial charge in [0.25, 0.3) is 11.1 Å². The first-order chi connectivity index (χ1) is 15.1. The zero-order valence-electron chi connectivity index (χ0n) is 17.1. The molecule has 0 aliphatic carbocycles. The third-order valence-electron chi connectivity index (χ3n) is 3.99. The molecule has 10 heteroatoms. The average Bonchev–Trinajstić information content (AvgIpc) is 3.25. The van der Waals surface area contributed by atoms with Crippen LogP contribution in [0.25, 0.3) is 0 Å². The van der Waals surface area contributed by atoms with Gasteiger partial charge in [-0.2, -0.15) is 0 Å². The van der Waals surface area contributed by atoms with Gasteiger partial charge in [0.1, 0.15) is 11.5 Å². The summed E-state index contributed by atoms with van der Waals surface area (Å²) in [5, 5.41) is 13.5. The lowest BCUT2D eigenvalue weighted by Crippen LogP contribution is -2.22. The van der Waals surface area contributed by atoms with Crippen molar-refractivity contribution in [3.8, 4) is 11.5 Å². The van der Waals surface area contributed by atoms with E-state index in [9.17, 15) is 9.59 Å². The predicted octanol–water partition coefficient (Wildman–Crippen LogP) is 3.14. The van der Waals surface area contributed by atoms with Crippen molar-refractivity contribution in [1.29, 1.82) is 0 Å². The highest BCUT2D eigenvalue weighted by molar-refractivity contribution is 7.99. The van der Waals surface area contributed by atoms with Crippen molar-refractivity contribution in [3.05, 3.63) is 60.0 Å². The van der Waals surface area contributed by atoms with Crippen molar-refractivity contribution in [1.82, 2.24) is 15.5 Å². The van der Waals surface area contributed by atoms with Gasteiger partial charge in [0.2, 0.25) is 11.8 Å². The molecule has 0 unspecified atom stereocenters. The number of methoxy groups -OCH3 is 1. The number of benzene rings is 2. The number of aromatic nitrogens is 2. The maximum absolute atomic E-state index is 12.2. The number of hydrogen-bond donors (Lipinski definition) is 2. The van der Waals surface area contributed by atoms with Gasteiger partial charge in [-0.1, -0.05) is 23.9 Å². The van der Waals surface area contributed by atoms with Gasteiger partial charge in [0.05, 0.1) is 31.7 Å². The summed E-state index contributed by atoms with van der Waals surface area (Å²) in [6, 6.07) is 13.9. The second-order valence-electron chi connectivity index (χ2n) is 6.14. The standard InChI is InChI=1S/C21H22N4O5S/c1-3-29-17-7-5-4-6-16(17)23-18(26)13-31-21-25-24-19(30-21)12-22-20(27)14-8-10-15(28-2)11-9-14/h4-11H,3,12-13H2,1-2H3,(H,22,27)(H,23,26). The summed E-state index contributed by atoms with van der Waals surface area (Å²) < 4.78 is 16.0. The van der Waals surface area contributed by atoms with E-state index < -0.39 is 0 Å². The topological polar surface area (TPSA) is 116 Å². The highest BCUT2D eigenvalue weighted by atomic mass is 32.2. The third-order valence-corrected chi connectivity index (χ3v) is 4.81. The summed E-state index contributed by atoms with van der Waals surface area (Å²) in [4.78, 5) is 24.4. The normalized spacial score (nSPS) is 10.4. The molecule has 0 fully saturated rings. The lowest BCUT2D eigenvalue weighted by atomic mass is 10.2. The number of rotatable bonds is 10. The molecule has 0 bridgehead atoms. The number of para-hydroxylation sites is 2. The number of ether oxygens (including phenoxy) is 2. The van der Waals surface area contributed by atoms with Crippen molar-refractivity contribution in [2.45, 2.75) is 18.7 Å². The molecule has 2 N–H and O–H groups in total. The van der Waals surface area contributed by atoms with Crippen molar-refractivity contribution in [2.75, 3.05) is 24.8 Å². The highest BCUT2D eigenvalue weighted by Gasteiger charge is 2.13. The lowest BCUT2D eigenvalue weighted by Gasteiger charge is -2.10. The number of nitrogens with zero attached hydrogens (tertiary/aromatic N) is 2. The fourth-order valence-electron chi connectivity index (χ4n) is 2.53. The minimum absolute atomic E-state index is 0.0757. The van der Waals surface area contributed by atoms with E-state index >= 15 is 0 Å². The Morgan fingerprint density at radius 1 is 1.10 bits per heavy atom. The minimum Gasteiger partial charge on any atom is -0.497 e. The molecule has 9 nitrogen and oxygen atoms in total. The number of thioether (sulfide) groups is 1. The molecule has 0 atom stereocenters. The largest absolute Gasteiger partial charge is 0.497 e. The van der Waals surface area contributed by atoms with Crippen LogP contribution in [0.2, 0.25) is 0 Å². The van der Waals surface area contributed by atoms with Crippen LogP contribution in [0, 0.1) is 0 Å². The van der Waals surface area contributed by atoms with Crippen LogP contribution in [0.4, 0.5) is 5.69 Å². The summed E-state index contributed by atoms with van der Waals surface area (Å²) in [5.41, 5.74) is 1.08. The Kier molecular flexibility index (Phi) is 7.88. The number of carbonyl (C=O) groups is 2. The molecule has 0 spiro atoms. The first-order valence-electron chi connectivity index (χ1n) is 9.48. The predicted molar refractivity (Wildman–Crippen MR) is 115 cm³/mol. The number of carbonyl (C=O) groups excluding carboxylic acids is 2. The molecule has 2 aromatic carbocycles. The summed E-state index contributed by atoms with van der Waals surface area (Å²) in [5.74, 6) is 1.09. The average molecular weight is 442 g/mol. The van der Waals surface area contributed by atoms with Crippen molar-refractivity contribution in [3.63, 3.8) is 0 Å². The Labute approximate surface area is 183 Å². The Balaban J connectivity index is 1.46. The zero-order chi connectivity index (χ0) is 22.1. The molecular weight excluding hydrogens is 420 g/mol. The molecule has 0 aliphatic heterocycles. The van der Waals surface area contributed by atoms with Gasteiger partial charge in [-0.25, -0.2) is 0 Å². The number of anilines is 1. The maximum atomic E-state index is 12.2. The lowest BCUT2D eigenvalue weighted by molar-refractivity contribution is -0.113. The van der Waals surface area contributed by atoms with Crippen molar-refractivity contribution < 1.29 is 23.5 Å². The van der Waals surface area contributed by atoms with E-state index in [1.807, 2.05) is 19.1 Å². The van der Waals surface area contributed by atoms with E-state index in [1.165, 1.54) is 0 Å². The minimum atomic E-state index is -0.276. The fourth-order valence-corrected chi connectivity index (χ4v) is 3.11. The molecule has 0 aliphatic rings. The van der Waals surface area contributed by atoms with Crippen LogP contribution in [-0.2, 0) is 11.3 Å². The molecule has 1 aromatic heterocycles. The molecule has 1 heterocycles. The van der Waals surface area contributed by atoms with Gasteiger partial charge in [-0.3, -0.25) is 9.59 Å². The molecule has 31 heavy (non-hydrogen) atoms. The van der Waals surface area contributed by atoms with Crippen molar-refractivity contribution >= 4 is 29.3 Å². The molecule has 3 rings (SSSR count). The Morgan fingerprint density at radius 3 is 2.61 bits per heavy atom. The summed E-state index contributed by atoms with van der Waals surface area (Å²) in [6.07, 6.45) is 0. The van der Waals surface area contributed by atoms with Gasteiger partial charge in [-0.15, -0.1) is 10.2 Å². The second kappa shape index (κ2) is 11.0. The smallest absolute Gasteiger partial charge is 0.277 e. The van der Waals surface area contributed by atoms with E-state index in [-0.39, 0.29) is 35.2 Å². The molecule has 2 amide bonds. The second-order valence-corrected chi connectivity index (χ2v) is 7.07. The maximum Gasteiger partial charge on any atom is 0.277 e. The quantitative estimate of drug-likeness (QED) is 0.460. The number of amides is 2. The Morgan fingerprint density at radius 2 is 1.87 bits per heavy atom. The first kappa shape index (κ1) is 22.2. The summed E-state index contributed by atoms with van der Waals surface area (Å²) >= 11 is 1.10. The van der Waals surface area contributed by atoms with E-state index in [1.54, 1.807) is 43.5 Å². The van der Waals surface area contributed by atoms with Crippen LogP contribution in [0.1, 0.15) is 23.2 Å². The zero-order valence-corrected chi connectivity index (χ0v) is 17.9. The van der Waals surface area contributed by atoms with Crippen LogP contribution < -0.4 is 20.1 Å². The van der Waals surface area contributed by atoms with E-state index in [0.29, 0.717) is 29.4 Å². The third kappa shape index (κ3) is 6.48. The Bertz CT molecular complexity index is 1020. The molecule has 0 saturated heterocycles. The molecular formula is C21H22N4O5S. The summed E-state index contributed by atoms with van der Waals surface area (Å²) in [6.45, 7) is 2.45. The number of hydrogen-bond acceptors (Lipinski definition) is 8. The van der Waals surface area contributed by atoms with Gasteiger partial charge in [-0.05, 0) is 43.3 Å². The SMILES string of the molecule is CCOc1ccccc1NC(=O)CSc1nnc(CNC(=O)c2ccc(OC)cc2)o1. The van der Waals surface area contributed by atoms with Crippen LogP contribution in [0.15, 0.2) is 58.2 Å². The molecule has 162 valence electrons. The van der Waals surface area contributed by atoms with Gasteiger partial charge >= 0.3 is 0 Å². The van der Waals surface area contributed by atoms with Crippen molar-refractivity contribution in [2.24, 2.45) is 0 Å². The van der Waals surface area contributed by atoms with E-state index in [4.69, 9.17) is 13.9 Å². The molecule has 3 aromatic rings. The molecule has 0 radical (unpaired) electrons. The van der Waals surface area contributed by atoms with Gasteiger partial charge in [0, 0.05) is 5.56 Å². The monoisotopic (exact) mass is 442 g/mol. The van der Waals surface area contributed by atoms with Crippen LogP contribution in [-0.4, -0.2) is 41.5 Å². The van der Waals surface area contributed by atoms with Gasteiger partial charge in [0.15, 0.2) is 0 Å². The van der Waals surface area contributed by atoms with Gasteiger partial charge < -0.3 is 24.5 Å². The van der Waals surface area contributed by atoms with E-state index in [0.717, 1.165) is 11.8 Å². The fraction of sp³-hybridized carbons (Fsp3) is 0.238. The number of nitrogens with one attached hydrogen (secondary N) is 2. The van der Waals surface area contributed by atoms with Crippen LogP contribution >= 0.6 is 11.8 Å². The van der Waals surface area contributed by atoms with E-state index in [2.05, 4.69) is 20.8 Å².